The monoisotopic (exact) mass is 425 g/mol. The van der Waals surface area contributed by atoms with Gasteiger partial charge < -0.3 is 4.90 Å². The zero-order chi connectivity index (χ0) is 20.8. The van der Waals surface area contributed by atoms with E-state index in [1.807, 2.05) is 0 Å². The smallest absolute Gasteiger partial charge is 0.267 e. The van der Waals surface area contributed by atoms with Gasteiger partial charge in [-0.3, -0.25) is 9.59 Å². The minimum absolute atomic E-state index is 0.0279. The maximum absolute atomic E-state index is 13.5. The average molecular weight is 426 g/mol. The Bertz CT molecular complexity index is 1190. The van der Waals surface area contributed by atoms with E-state index in [0.717, 1.165) is 0 Å². The van der Waals surface area contributed by atoms with Crippen LogP contribution < -0.4 is 0 Å². The lowest BCUT2D eigenvalue weighted by Crippen LogP contribution is -2.43. The van der Waals surface area contributed by atoms with E-state index >= 15 is 0 Å². The normalized spacial score (nSPS) is 18.2. The maximum atomic E-state index is 13.5. The minimum Gasteiger partial charge on any atom is -0.324 e. The number of carbonyl (C=O) groups is 2. The van der Waals surface area contributed by atoms with Crippen LogP contribution in [0.15, 0.2) is 88.7 Å². The first-order chi connectivity index (χ1) is 13.8. The first-order valence-electron chi connectivity index (χ1n) is 8.79. The standard InChI is InChI=1S/C22H16ClNO4S/c1-24-21(26)20(29(27,28)18-5-3-2-4-6-18)19(15-7-9-16(23)10-8-15)22(24)13-11-17(25)12-14-22/h2-14H,1H3. The van der Waals surface area contributed by atoms with Gasteiger partial charge in [-0.25, -0.2) is 8.42 Å². The Balaban J connectivity index is 2.07. The summed E-state index contributed by atoms with van der Waals surface area (Å²) in [5.74, 6) is -0.867. The summed E-state index contributed by atoms with van der Waals surface area (Å²) in [5.41, 5.74) is -0.355. The first kappa shape index (κ1) is 19.4. The number of sulfone groups is 1. The van der Waals surface area contributed by atoms with Gasteiger partial charge in [-0.2, -0.15) is 0 Å². The summed E-state index contributed by atoms with van der Waals surface area (Å²) in [4.78, 5) is 26.1. The average Bonchev–Trinajstić information content (AvgIpc) is 2.94. The zero-order valence-corrected chi connectivity index (χ0v) is 16.9. The van der Waals surface area contributed by atoms with Crippen LogP contribution in [0.4, 0.5) is 0 Å². The molecule has 0 saturated heterocycles. The number of likely N-dealkylation sites (N-methyl/N-ethyl adjacent to an activating group) is 1. The number of allylic oxidation sites excluding steroid dienone is 2. The Morgan fingerprint density at radius 2 is 1.48 bits per heavy atom. The van der Waals surface area contributed by atoms with Gasteiger partial charge in [0.25, 0.3) is 5.91 Å². The number of rotatable bonds is 3. The van der Waals surface area contributed by atoms with Gasteiger partial charge in [0, 0.05) is 17.6 Å². The molecule has 2 aromatic rings. The molecule has 0 N–H and O–H groups in total. The third kappa shape index (κ3) is 2.96. The molecule has 1 aliphatic carbocycles. The molecule has 0 atom stereocenters. The second kappa shape index (κ2) is 6.83. The van der Waals surface area contributed by atoms with Gasteiger partial charge in [0.05, 0.1) is 4.90 Å². The summed E-state index contributed by atoms with van der Waals surface area (Å²) in [6.07, 6.45) is 5.81. The van der Waals surface area contributed by atoms with Crippen molar-refractivity contribution in [3.05, 3.63) is 94.4 Å². The molecule has 0 saturated carbocycles. The van der Waals surface area contributed by atoms with Gasteiger partial charge in [0.2, 0.25) is 9.84 Å². The van der Waals surface area contributed by atoms with Crippen molar-refractivity contribution in [1.82, 2.24) is 4.90 Å². The van der Waals surface area contributed by atoms with Crippen molar-refractivity contribution in [1.29, 1.82) is 0 Å². The molecule has 4 rings (SSSR count). The Morgan fingerprint density at radius 3 is 2.07 bits per heavy atom. The van der Waals surface area contributed by atoms with E-state index < -0.39 is 21.3 Å². The van der Waals surface area contributed by atoms with E-state index in [0.29, 0.717) is 16.2 Å². The van der Waals surface area contributed by atoms with Crippen LogP contribution in [0.25, 0.3) is 5.57 Å². The molecule has 1 spiro atoms. The molecule has 1 aliphatic heterocycles. The Morgan fingerprint density at radius 1 is 0.897 bits per heavy atom. The molecule has 146 valence electrons. The van der Waals surface area contributed by atoms with E-state index in [1.54, 1.807) is 54.6 Å². The lowest BCUT2D eigenvalue weighted by atomic mass is 9.83. The number of hydrogen-bond acceptors (Lipinski definition) is 4. The number of ketones is 1. The highest BCUT2D eigenvalue weighted by molar-refractivity contribution is 7.96. The maximum Gasteiger partial charge on any atom is 0.267 e. The van der Waals surface area contributed by atoms with Crippen molar-refractivity contribution in [2.45, 2.75) is 10.4 Å². The van der Waals surface area contributed by atoms with E-state index in [1.165, 1.54) is 36.2 Å². The Labute approximate surface area is 173 Å². The quantitative estimate of drug-likeness (QED) is 0.755. The third-order valence-electron chi connectivity index (χ3n) is 5.14. The third-order valence-corrected chi connectivity index (χ3v) is 7.20. The highest BCUT2D eigenvalue weighted by atomic mass is 35.5. The number of carbonyl (C=O) groups excluding carboxylic acids is 2. The predicted octanol–water partition coefficient (Wildman–Crippen LogP) is 3.43. The summed E-state index contributed by atoms with van der Waals surface area (Å²) in [5, 5.41) is 0.485. The SMILES string of the molecule is CN1C(=O)C(S(=O)(=O)c2ccccc2)=C(c2ccc(Cl)cc2)C12C=CC(=O)C=C2. The number of halogens is 1. The molecule has 0 unspecified atom stereocenters. The lowest BCUT2D eigenvalue weighted by molar-refractivity contribution is -0.125. The Kier molecular flexibility index (Phi) is 4.56. The molecule has 7 heteroatoms. The molecule has 2 aromatic carbocycles. The fraction of sp³-hybridized carbons (Fsp3) is 0.0909. The van der Waals surface area contributed by atoms with Gasteiger partial charge in [0.1, 0.15) is 10.4 Å². The van der Waals surface area contributed by atoms with Crippen LogP contribution in [0.2, 0.25) is 5.02 Å². The number of hydrogen-bond donors (Lipinski definition) is 0. The van der Waals surface area contributed by atoms with Crippen LogP contribution in [-0.2, 0) is 19.4 Å². The van der Waals surface area contributed by atoms with E-state index in [9.17, 15) is 18.0 Å². The van der Waals surface area contributed by atoms with Gasteiger partial charge in [0.15, 0.2) is 5.78 Å². The van der Waals surface area contributed by atoms with Crippen LogP contribution >= 0.6 is 11.6 Å². The van der Waals surface area contributed by atoms with Crippen molar-refractivity contribution >= 4 is 38.7 Å². The highest BCUT2D eigenvalue weighted by Crippen LogP contribution is 2.47. The van der Waals surface area contributed by atoms with Crippen molar-refractivity contribution in [3.8, 4) is 0 Å². The highest BCUT2D eigenvalue weighted by Gasteiger charge is 2.52. The molecule has 0 radical (unpaired) electrons. The molecule has 1 heterocycles. The van der Waals surface area contributed by atoms with E-state index in [4.69, 9.17) is 11.6 Å². The molecule has 0 fully saturated rings. The zero-order valence-electron chi connectivity index (χ0n) is 15.4. The first-order valence-corrected chi connectivity index (χ1v) is 10.6. The summed E-state index contributed by atoms with van der Waals surface area (Å²) in [7, 11) is -2.59. The van der Waals surface area contributed by atoms with Crippen LogP contribution in [-0.4, -0.2) is 37.6 Å². The van der Waals surface area contributed by atoms with E-state index in [-0.39, 0.29) is 15.6 Å². The van der Waals surface area contributed by atoms with Gasteiger partial charge in [-0.15, -0.1) is 0 Å². The summed E-state index contributed by atoms with van der Waals surface area (Å²) < 4.78 is 27.0. The fourth-order valence-electron chi connectivity index (χ4n) is 3.64. The van der Waals surface area contributed by atoms with Gasteiger partial charge in [-0.1, -0.05) is 41.9 Å². The topological polar surface area (TPSA) is 71.5 Å². The fourth-order valence-corrected chi connectivity index (χ4v) is 5.44. The number of benzene rings is 2. The van der Waals surface area contributed by atoms with Crippen LogP contribution in [0.1, 0.15) is 5.56 Å². The lowest BCUT2D eigenvalue weighted by Gasteiger charge is -2.34. The van der Waals surface area contributed by atoms with Gasteiger partial charge >= 0.3 is 0 Å². The largest absolute Gasteiger partial charge is 0.324 e. The summed E-state index contributed by atoms with van der Waals surface area (Å²) in [6, 6.07) is 14.4. The molecule has 0 aromatic heterocycles. The molecule has 5 nitrogen and oxygen atoms in total. The van der Waals surface area contributed by atoms with E-state index in [2.05, 4.69) is 0 Å². The van der Waals surface area contributed by atoms with Gasteiger partial charge in [-0.05, 0) is 54.1 Å². The van der Waals surface area contributed by atoms with Crippen LogP contribution in [0, 0.1) is 0 Å². The van der Waals surface area contributed by atoms with Crippen LogP contribution in [0.5, 0.6) is 0 Å². The van der Waals surface area contributed by atoms with Crippen molar-refractivity contribution in [2.24, 2.45) is 0 Å². The second-order valence-corrected chi connectivity index (χ2v) is 9.11. The van der Waals surface area contributed by atoms with Crippen molar-refractivity contribution in [2.75, 3.05) is 7.05 Å². The van der Waals surface area contributed by atoms with Crippen molar-refractivity contribution in [3.63, 3.8) is 0 Å². The summed E-state index contributed by atoms with van der Waals surface area (Å²) >= 11 is 6.01. The van der Waals surface area contributed by atoms with Crippen molar-refractivity contribution < 1.29 is 18.0 Å². The van der Waals surface area contributed by atoms with Crippen LogP contribution in [0.3, 0.4) is 0 Å². The second-order valence-electron chi connectivity index (χ2n) is 6.79. The molecule has 29 heavy (non-hydrogen) atoms. The number of amides is 1. The summed E-state index contributed by atoms with van der Waals surface area (Å²) in [6.45, 7) is 0. The number of nitrogens with zero attached hydrogens (tertiary/aromatic N) is 1. The predicted molar refractivity (Wildman–Crippen MR) is 111 cm³/mol. The molecule has 2 aliphatic rings. The Hall–Kier alpha value is -2.96. The molecule has 0 bridgehead atoms. The molecular formula is C22H16ClNO4S. The minimum atomic E-state index is -4.11. The molecule has 1 amide bonds. The molecular weight excluding hydrogens is 410 g/mol.